The van der Waals surface area contributed by atoms with Gasteiger partial charge in [0.25, 0.3) is 21.8 Å². The highest BCUT2D eigenvalue weighted by molar-refractivity contribution is 7.90. The molecular formula is C56H70FN11O9S. The number of H-pyrrole nitrogens is 1. The smallest absolute Gasteiger partial charge is 0.312 e. The van der Waals surface area contributed by atoms with E-state index in [0.717, 1.165) is 94.7 Å². The Balaban J connectivity index is 0.866. The minimum Gasteiger partial charge on any atom is -0.480 e. The Bertz CT molecular complexity index is 3290. The topological polar surface area (TPSA) is 235 Å². The van der Waals surface area contributed by atoms with E-state index in [9.17, 15) is 28.4 Å². The average Bonchev–Trinajstić information content (AvgIpc) is 4.12. The Morgan fingerprint density at radius 3 is 2.50 bits per heavy atom. The largest absolute Gasteiger partial charge is 0.480 e. The number of anilines is 2. The summed E-state index contributed by atoms with van der Waals surface area (Å²) < 4.78 is 64.6. The average molecular weight is 1090 g/mol. The number of hydrogen-bond donors (Lipinski definition) is 4. The molecule has 1 spiro atoms. The van der Waals surface area contributed by atoms with Gasteiger partial charge in [-0.3, -0.25) is 29.4 Å². The van der Waals surface area contributed by atoms with Crippen LogP contribution in [0.25, 0.3) is 11.0 Å². The van der Waals surface area contributed by atoms with E-state index in [1.165, 1.54) is 23.3 Å². The number of halogens is 1. The third-order valence-corrected chi connectivity index (χ3v) is 17.8. The van der Waals surface area contributed by atoms with Crippen LogP contribution in [0.3, 0.4) is 0 Å². The standard InChI is InChI=1S/C56H70FN11O9S/c1-7-76-54-49(26-44-45(57)31-60-50(44)61-54)77-48-24-38(12-13-43(48)52(69)63-78(73,74)40-25-46(68(71)72)51(59-30-40)58-29-36-14-16-55(4,70)17-15-36)66-20-18-56(19-21-66)27-39(28-56)67-23-22-65(33-37-32-64(5)62-53(37)75-6)34-47(67)42-11-9-8-10-41(42)35(2)3/h8-13,24-26,30-32,35-36,39,47,70H,7,14-23,27-29,33-34H2,1-6H3,(H,58,59)(H,60,61)(H,63,69)/t36?,47-,55?/m0/s1. The summed E-state index contributed by atoms with van der Waals surface area (Å²) in [7, 11) is -1.16. The van der Waals surface area contributed by atoms with Crippen LogP contribution in [0, 0.1) is 27.3 Å². The molecule has 4 fully saturated rings. The summed E-state index contributed by atoms with van der Waals surface area (Å²) >= 11 is 0. The number of hydrogen-bond acceptors (Lipinski definition) is 16. The van der Waals surface area contributed by atoms with Crippen molar-refractivity contribution >= 4 is 44.2 Å². The number of carbonyl (C=O) groups is 1. The number of piperidine rings is 1. The van der Waals surface area contributed by atoms with Gasteiger partial charge < -0.3 is 34.5 Å². The molecule has 20 nitrogen and oxygen atoms in total. The van der Waals surface area contributed by atoms with Crippen LogP contribution >= 0.6 is 0 Å². The quantitative estimate of drug-likeness (QED) is 0.0465. The number of ether oxygens (including phenoxy) is 3. The number of aromatic nitrogens is 5. The van der Waals surface area contributed by atoms with Crippen LogP contribution in [0.1, 0.15) is 118 Å². The van der Waals surface area contributed by atoms with Gasteiger partial charge in [-0.25, -0.2) is 22.5 Å². The molecule has 4 aromatic heterocycles. The van der Waals surface area contributed by atoms with Crippen molar-refractivity contribution in [3.63, 3.8) is 0 Å². The van der Waals surface area contributed by atoms with Crippen molar-refractivity contribution in [2.24, 2.45) is 18.4 Å². The van der Waals surface area contributed by atoms with Crippen LogP contribution in [0.4, 0.5) is 21.6 Å². The number of benzene rings is 2. The first-order valence-corrected chi connectivity index (χ1v) is 28.5. The fourth-order valence-corrected chi connectivity index (χ4v) is 13.1. The number of rotatable bonds is 18. The predicted octanol–water partition coefficient (Wildman–Crippen LogP) is 8.84. The number of aromatic amines is 1. The van der Waals surface area contributed by atoms with Gasteiger partial charge >= 0.3 is 5.69 Å². The van der Waals surface area contributed by atoms with Gasteiger partial charge in [-0.05, 0) is 106 Å². The Morgan fingerprint density at radius 1 is 1.03 bits per heavy atom. The molecule has 2 saturated heterocycles. The van der Waals surface area contributed by atoms with Gasteiger partial charge in [-0.15, -0.1) is 5.10 Å². The molecule has 2 saturated carbocycles. The van der Waals surface area contributed by atoms with Crippen molar-refractivity contribution in [2.75, 3.05) is 63.2 Å². The lowest BCUT2D eigenvalue weighted by atomic mass is 9.59. The molecule has 416 valence electrons. The molecule has 22 heteroatoms. The number of pyridine rings is 2. The maximum absolute atomic E-state index is 15.0. The molecule has 6 heterocycles. The number of aryl methyl sites for hydroxylation is 1. The second kappa shape index (κ2) is 22.1. The number of methoxy groups -OCH3 is 1. The fraction of sp³-hybridized carbons (Fsp3) is 0.500. The van der Waals surface area contributed by atoms with Gasteiger partial charge in [0.05, 0.1) is 41.4 Å². The number of fused-ring (bicyclic) bond motifs is 1. The van der Waals surface area contributed by atoms with E-state index in [1.54, 1.807) is 37.8 Å². The number of nitrogens with one attached hydrogen (secondary N) is 3. The van der Waals surface area contributed by atoms with E-state index in [1.807, 2.05) is 13.2 Å². The van der Waals surface area contributed by atoms with E-state index in [0.29, 0.717) is 50.1 Å². The van der Waals surface area contributed by atoms with Crippen molar-refractivity contribution in [1.82, 2.24) is 39.3 Å². The van der Waals surface area contributed by atoms with Gasteiger partial charge in [0.15, 0.2) is 5.75 Å². The molecule has 10 rings (SSSR count). The molecule has 2 aromatic carbocycles. The maximum Gasteiger partial charge on any atom is 0.312 e. The van der Waals surface area contributed by atoms with Crippen LogP contribution in [0.2, 0.25) is 0 Å². The van der Waals surface area contributed by atoms with E-state index < -0.39 is 42.9 Å². The third-order valence-electron chi connectivity index (χ3n) is 16.5. The Morgan fingerprint density at radius 2 is 1.78 bits per heavy atom. The molecule has 0 radical (unpaired) electrons. The van der Waals surface area contributed by atoms with Crippen LogP contribution < -0.4 is 29.1 Å². The summed E-state index contributed by atoms with van der Waals surface area (Å²) in [6.07, 6.45) is 10.8. The Hall–Kier alpha value is -6.88. The van der Waals surface area contributed by atoms with Crippen LogP contribution in [-0.2, 0) is 23.6 Å². The number of nitrogens with zero attached hydrogens (tertiary/aromatic N) is 8. The van der Waals surface area contributed by atoms with Gasteiger partial charge in [0.2, 0.25) is 11.7 Å². The van der Waals surface area contributed by atoms with Crippen molar-refractivity contribution in [3.05, 3.63) is 111 Å². The van der Waals surface area contributed by atoms with Gasteiger partial charge in [0.1, 0.15) is 22.1 Å². The van der Waals surface area contributed by atoms with Crippen LogP contribution in [0.5, 0.6) is 23.3 Å². The third kappa shape index (κ3) is 11.5. The zero-order valence-electron chi connectivity index (χ0n) is 45.1. The molecule has 4 N–H and O–H groups in total. The summed E-state index contributed by atoms with van der Waals surface area (Å²) in [5.41, 5.74) is 3.40. The first-order valence-electron chi connectivity index (χ1n) is 27.0. The number of amides is 1. The monoisotopic (exact) mass is 1090 g/mol. The lowest BCUT2D eigenvalue weighted by Crippen LogP contribution is -2.60. The van der Waals surface area contributed by atoms with Gasteiger partial charge in [-0.1, -0.05) is 38.1 Å². The molecule has 78 heavy (non-hydrogen) atoms. The minimum absolute atomic E-state index is 0.0107. The lowest BCUT2D eigenvalue weighted by Gasteiger charge is -2.58. The molecular weight excluding hydrogens is 1020 g/mol. The number of nitro groups is 1. The highest BCUT2D eigenvalue weighted by Crippen LogP contribution is 2.54. The zero-order chi connectivity index (χ0) is 55.1. The molecule has 4 aliphatic rings. The molecule has 1 amide bonds. The molecule has 1 atom stereocenters. The molecule has 6 aromatic rings. The normalized spacial score (nSPS) is 21.2. The van der Waals surface area contributed by atoms with E-state index >= 15 is 4.39 Å². The Labute approximate surface area is 453 Å². The predicted molar refractivity (Wildman–Crippen MR) is 292 cm³/mol. The Kier molecular flexibility index (Phi) is 15.4. The summed E-state index contributed by atoms with van der Waals surface area (Å²) in [4.78, 5) is 44.0. The SMILES string of the molecule is CCOc1nc2[nH]cc(F)c2cc1Oc1cc(N2CCC3(CC2)CC(N2CCN(Cc4cn(C)nc4OC)C[C@H]2c2ccccc2C(C)C)C3)ccc1C(=O)NS(=O)(=O)c1cnc(NCC2CCC(C)(O)CC2)c([N+](=O)[O-])c1. The zero-order valence-corrected chi connectivity index (χ0v) is 45.9. The van der Waals surface area contributed by atoms with Gasteiger partial charge in [-0.2, -0.15) is 4.98 Å². The second-order valence-electron chi connectivity index (χ2n) is 22.3. The lowest BCUT2D eigenvalue weighted by molar-refractivity contribution is -0.384. The number of sulfonamides is 1. The molecule has 0 bridgehead atoms. The summed E-state index contributed by atoms with van der Waals surface area (Å²) in [5, 5.41) is 30.2. The fourth-order valence-electron chi connectivity index (χ4n) is 12.1. The van der Waals surface area contributed by atoms with E-state index in [-0.39, 0.29) is 63.8 Å². The number of carbonyl (C=O) groups excluding carboxylic acids is 1. The molecule has 2 aliphatic carbocycles. The second-order valence-corrected chi connectivity index (χ2v) is 23.9. The highest BCUT2D eigenvalue weighted by Gasteiger charge is 2.50. The molecule has 2 aliphatic heterocycles. The van der Waals surface area contributed by atoms with Crippen molar-refractivity contribution in [2.45, 2.75) is 114 Å². The first-order chi connectivity index (χ1) is 37.3. The first kappa shape index (κ1) is 54.5. The minimum atomic E-state index is -4.75. The highest BCUT2D eigenvalue weighted by atomic mass is 32.2. The summed E-state index contributed by atoms with van der Waals surface area (Å²) in [6.45, 7) is 13.5. The molecule has 0 unspecified atom stereocenters. The number of piperazine rings is 1. The number of aliphatic hydroxyl groups is 1. The van der Waals surface area contributed by atoms with Crippen LogP contribution in [-0.4, -0.2) is 124 Å². The summed E-state index contributed by atoms with van der Waals surface area (Å²) in [5.74, 6) is -0.672. The van der Waals surface area contributed by atoms with E-state index in [4.69, 9.17) is 14.2 Å². The van der Waals surface area contributed by atoms with Crippen molar-refractivity contribution in [1.29, 1.82) is 0 Å². The van der Waals surface area contributed by atoms with Crippen molar-refractivity contribution < 1.29 is 41.8 Å². The summed E-state index contributed by atoms with van der Waals surface area (Å²) in [6, 6.07) is 16.6. The van der Waals surface area contributed by atoms with E-state index in [2.05, 4.69) is 82.9 Å². The van der Waals surface area contributed by atoms with Gasteiger partial charge in [0, 0.05) is 107 Å². The van der Waals surface area contributed by atoms with Crippen molar-refractivity contribution in [3.8, 4) is 23.3 Å². The maximum atomic E-state index is 15.0. The van der Waals surface area contributed by atoms with Crippen LogP contribution in [0.15, 0.2) is 78.1 Å².